The molecule has 41 heavy (non-hydrogen) atoms. The number of β-lactam (4-membered cyclic amide) rings is 1. The van der Waals surface area contributed by atoms with Crippen molar-refractivity contribution >= 4 is 68.0 Å². The van der Waals surface area contributed by atoms with Crippen LogP contribution in [0.15, 0.2) is 45.8 Å². The van der Waals surface area contributed by atoms with E-state index in [1.165, 1.54) is 30.7 Å². The van der Waals surface area contributed by atoms with Crippen molar-refractivity contribution in [2.24, 2.45) is 5.16 Å². The van der Waals surface area contributed by atoms with Gasteiger partial charge in [0.15, 0.2) is 29.0 Å². The molecule has 0 unspecified atom stereocenters. The number of aromatic nitrogens is 3. The van der Waals surface area contributed by atoms with Crippen LogP contribution in [0.25, 0.3) is 0 Å². The number of aliphatic carboxylic acids is 2. The molecule has 0 aliphatic carbocycles. The number of hydrogen-bond acceptors (Lipinski definition) is 13. The van der Waals surface area contributed by atoms with Crippen LogP contribution in [-0.2, 0) is 40.7 Å². The molecule has 218 valence electrons. The van der Waals surface area contributed by atoms with Crippen molar-refractivity contribution in [1.82, 2.24) is 19.6 Å². The van der Waals surface area contributed by atoms with Gasteiger partial charge in [-0.15, -0.1) is 11.8 Å². The summed E-state index contributed by atoms with van der Waals surface area (Å²) in [5, 5.41) is 24.4. The van der Waals surface area contributed by atoms with Gasteiger partial charge in [0.25, 0.3) is 21.9 Å². The number of carbonyl (C=O) groups excluding carboxylic acids is 2. The monoisotopic (exact) mass is 628 g/mol. The molecule has 2 amide bonds. The highest BCUT2D eigenvalue weighted by Gasteiger charge is 2.55. The van der Waals surface area contributed by atoms with Gasteiger partial charge in [-0.1, -0.05) is 5.16 Å². The van der Waals surface area contributed by atoms with Gasteiger partial charge in [-0.05, 0) is 19.9 Å². The van der Waals surface area contributed by atoms with E-state index in [1.807, 2.05) is 0 Å². The molecule has 2 atom stereocenters. The first-order valence-corrected chi connectivity index (χ1v) is 14.6. The first kappa shape index (κ1) is 29.8. The molecule has 0 aromatic carbocycles. The van der Waals surface area contributed by atoms with Gasteiger partial charge in [0.1, 0.15) is 17.1 Å². The number of hydrogen-bond donors (Lipinski definition) is 5. The molecule has 6 N–H and O–H groups in total. The average molecular weight is 629 g/mol. The minimum absolute atomic E-state index is 0.0181. The predicted octanol–water partition coefficient (Wildman–Crippen LogP) is -1.32. The molecule has 4 rings (SSSR count). The van der Waals surface area contributed by atoms with Crippen molar-refractivity contribution < 1.29 is 51.8 Å². The molecular formula is C21H22N7O10S3+. The molecule has 0 bridgehead atoms. The highest BCUT2D eigenvalue weighted by Crippen LogP contribution is 2.40. The standard InChI is InChI=1S/C21H21N7O10S3/c1-21(2,19(33)34)38-25-11(14-24-20(22)40-26-14)15(29)23-12-16(30)28-13(18(31)32)9(8-39-17(12)28)6-27-5-3-4-10(7-27)41(35,36)37/h3-5,7,12,17H,6,8H2,1-2H3,(H5-,22,23,24,26,29,31,32,33,34,35,36,37)/p+1/b25-11-/t12-,17+/m1/s1. The lowest BCUT2D eigenvalue weighted by molar-refractivity contribution is -0.690. The molecule has 0 saturated carbocycles. The normalized spacial score (nSPS) is 19.3. The Balaban J connectivity index is 1.57. The number of nitrogens with one attached hydrogen (secondary N) is 1. The van der Waals surface area contributed by atoms with Crippen LogP contribution >= 0.6 is 23.3 Å². The van der Waals surface area contributed by atoms with Crippen LogP contribution in [0, 0.1) is 0 Å². The summed E-state index contributed by atoms with van der Waals surface area (Å²) in [7, 11) is -4.50. The molecule has 2 aliphatic heterocycles. The van der Waals surface area contributed by atoms with E-state index < -0.39 is 61.5 Å². The van der Waals surface area contributed by atoms with E-state index in [1.54, 1.807) is 0 Å². The Morgan fingerprint density at radius 3 is 2.63 bits per heavy atom. The molecule has 2 aliphatic rings. The molecule has 1 saturated heterocycles. The Morgan fingerprint density at radius 2 is 2.05 bits per heavy atom. The third kappa shape index (κ3) is 6.14. The zero-order valence-electron chi connectivity index (χ0n) is 21.1. The summed E-state index contributed by atoms with van der Waals surface area (Å²) in [5.74, 6) is -4.70. The van der Waals surface area contributed by atoms with Crippen molar-refractivity contribution in [2.75, 3.05) is 11.5 Å². The second-order valence-electron chi connectivity index (χ2n) is 9.11. The Morgan fingerprint density at radius 1 is 1.34 bits per heavy atom. The summed E-state index contributed by atoms with van der Waals surface area (Å²) >= 11 is 1.89. The van der Waals surface area contributed by atoms with Crippen LogP contribution in [-0.4, -0.2) is 89.7 Å². The summed E-state index contributed by atoms with van der Waals surface area (Å²) in [6.45, 7) is 2.28. The number of pyridine rings is 1. The molecule has 0 radical (unpaired) electrons. The Hall–Kier alpha value is -4.14. The molecule has 20 heteroatoms. The lowest BCUT2D eigenvalue weighted by Gasteiger charge is -2.49. The van der Waals surface area contributed by atoms with Gasteiger partial charge >= 0.3 is 11.9 Å². The minimum atomic E-state index is -4.50. The summed E-state index contributed by atoms with van der Waals surface area (Å²) in [6, 6.07) is 1.33. The number of oxime groups is 1. The topological polar surface area (TPSA) is 256 Å². The van der Waals surface area contributed by atoms with Gasteiger partial charge in [0.05, 0.1) is 0 Å². The van der Waals surface area contributed by atoms with Crippen LogP contribution in [0.5, 0.6) is 0 Å². The van der Waals surface area contributed by atoms with E-state index in [2.05, 4.69) is 19.8 Å². The van der Waals surface area contributed by atoms with Crippen molar-refractivity contribution in [2.45, 2.75) is 42.3 Å². The number of carbonyl (C=O) groups is 4. The van der Waals surface area contributed by atoms with Gasteiger partial charge in [-0.2, -0.15) is 22.3 Å². The van der Waals surface area contributed by atoms with E-state index in [9.17, 15) is 42.4 Å². The van der Waals surface area contributed by atoms with Crippen LogP contribution in [0.1, 0.15) is 19.7 Å². The quantitative estimate of drug-likeness (QED) is 0.0672. The molecular weight excluding hydrogens is 606 g/mol. The largest absolute Gasteiger partial charge is 0.478 e. The van der Waals surface area contributed by atoms with Gasteiger partial charge in [0.2, 0.25) is 17.1 Å². The van der Waals surface area contributed by atoms with E-state index in [0.717, 1.165) is 40.5 Å². The number of amides is 2. The van der Waals surface area contributed by atoms with Crippen LogP contribution in [0.2, 0.25) is 0 Å². The zero-order valence-corrected chi connectivity index (χ0v) is 23.6. The highest BCUT2D eigenvalue weighted by molar-refractivity contribution is 8.00. The Bertz CT molecular complexity index is 1620. The smallest absolute Gasteiger partial charge is 0.352 e. The number of thioether (sulfide) groups is 1. The predicted molar refractivity (Wildman–Crippen MR) is 140 cm³/mol. The molecule has 0 spiro atoms. The maximum Gasteiger partial charge on any atom is 0.352 e. The van der Waals surface area contributed by atoms with Gasteiger partial charge in [-0.3, -0.25) is 19.0 Å². The van der Waals surface area contributed by atoms with Crippen molar-refractivity contribution in [1.29, 1.82) is 0 Å². The van der Waals surface area contributed by atoms with Crippen molar-refractivity contribution in [3.05, 3.63) is 41.6 Å². The van der Waals surface area contributed by atoms with E-state index in [0.29, 0.717) is 0 Å². The summed E-state index contributed by atoms with van der Waals surface area (Å²) < 4.78 is 37.5. The Labute approximate surface area is 239 Å². The number of anilines is 1. The fraction of sp³-hybridized carbons (Fsp3) is 0.333. The fourth-order valence-electron chi connectivity index (χ4n) is 3.70. The molecule has 17 nitrogen and oxygen atoms in total. The molecule has 2 aromatic heterocycles. The summed E-state index contributed by atoms with van der Waals surface area (Å²) in [5.41, 5.74) is 3.16. The average Bonchev–Trinajstić information content (AvgIpc) is 3.32. The van der Waals surface area contributed by atoms with Gasteiger partial charge < -0.3 is 26.1 Å². The Kier molecular flexibility index (Phi) is 8.02. The van der Waals surface area contributed by atoms with Crippen molar-refractivity contribution in [3.8, 4) is 0 Å². The van der Waals surface area contributed by atoms with Crippen molar-refractivity contribution in [3.63, 3.8) is 0 Å². The number of nitrogens with two attached hydrogens (primary N) is 1. The van der Waals surface area contributed by atoms with Gasteiger partial charge in [0, 0.05) is 28.9 Å². The summed E-state index contributed by atoms with van der Waals surface area (Å²) in [4.78, 5) is 59.3. The van der Waals surface area contributed by atoms with Gasteiger partial charge in [-0.25, -0.2) is 9.59 Å². The van der Waals surface area contributed by atoms with E-state index in [4.69, 9.17) is 10.6 Å². The molecule has 2 aromatic rings. The maximum absolute atomic E-state index is 13.1. The number of rotatable bonds is 10. The van der Waals surface area contributed by atoms with E-state index >= 15 is 0 Å². The van der Waals surface area contributed by atoms with E-state index in [-0.39, 0.29) is 34.5 Å². The number of carboxylic acids is 2. The maximum atomic E-state index is 13.1. The number of carboxylic acid groups (broad SMARTS) is 2. The third-order valence-electron chi connectivity index (χ3n) is 5.79. The van der Waals surface area contributed by atoms with Crippen LogP contribution in [0.3, 0.4) is 0 Å². The number of fused-ring (bicyclic) bond motifs is 1. The molecule has 1 fully saturated rings. The summed E-state index contributed by atoms with van der Waals surface area (Å²) in [6.07, 6.45) is 2.58. The second-order valence-corrected chi connectivity index (χ2v) is 12.4. The number of nitrogen functional groups attached to an aromatic ring is 1. The second kappa shape index (κ2) is 11.0. The van der Waals surface area contributed by atoms with Crippen LogP contribution in [0.4, 0.5) is 5.13 Å². The minimum Gasteiger partial charge on any atom is -0.478 e. The zero-order chi connectivity index (χ0) is 30.3. The first-order valence-electron chi connectivity index (χ1n) is 11.4. The fourth-order valence-corrected chi connectivity index (χ4v) is 5.99. The highest BCUT2D eigenvalue weighted by atomic mass is 32.2. The number of nitrogens with zero attached hydrogens (tertiary/aromatic N) is 5. The molecule has 4 heterocycles. The lowest BCUT2D eigenvalue weighted by atomic mass is 10.0. The lowest BCUT2D eigenvalue weighted by Crippen LogP contribution is -2.71. The third-order valence-corrected chi connectivity index (χ3v) is 8.51. The first-order chi connectivity index (χ1) is 19.1. The SMILES string of the molecule is CC(C)(O/N=C(\C(=O)N[C@@H]1C(=O)N2C(C(=O)O)=C(C[n+]3cccc(S(=O)(=O)O)c3)CS[C@@H]12)c1nsc(N)n1)C(=O)O. The van der Waals surface area contributed by atoms with Crippen LogP contribution < -0.4 is 15.6 Å².